The molecule has 0 saturated heterocycles. The summed E-state index contributed by atoms with van der Waals surface area (Å²) in [6.45, 7) is 3.55. The second-order valence-electron chi connectivity index (χ2n) is 8.23. The first-order valence-corrected chi connectivity index (χ1v) is 12.1. The quantitative estimate of drug-likeness (QED) is 0.354. The molecule has 0 aliphatic rings. The number of thiazole rings is 1. The number of nitrogens with zero attached hydrogens (tertiary/aromatic N) is 6. The summed E-state index contributed by atoms with van der Waals surface area (Å²) in [5.74, 6) is -0.747. The van der Waals surface area contributed by atoms with Crippen molar-refractivity contribution in [3.05, 3.63) is 102 Å². The lowest BCUT2D eigenvalue weighted by atomic mass is 10.1. The van der Waals surface area contributed by atoms with E-state index in [1.54, 1.807) is 37.4 Å². The Morgan fingerprint density at radius 1 is 1.14 bits per heavy atom. The van der Waals surface area contributed by atoms with Gasteiger partial charge in [-0.3, -0.25) is 9.55 Å². The molecular weight excluding hydrogens is 517 g/mol. The van der Waals surface area contributed by atoms with Gasteiger partial charge in [-0.2, -0.15) is 10.2 Å². The summed E-state index contributed by atoms with van der Waals surface area (Å²) in [6.07, 6.45) is 2.98. The zero-order chi connectivity index (χ0) is 26.3. The van der Waals surface area contributed by atoms with Gasteiger partial charge in [-0.1, -0.05) is 17.7 Å². The summed E-state index contributed by atoms with van der Waals surface area (Å²) >= 11 is 7.94. The largest absolute Gasteiger partial charge is 0.359 e. The molecule has 3 aromatic heterocycles. The predicted molar refractivity (Wildman–Crippen MR) is 139 cm³/mol. The van der Waals surface area contributed by atoms with Gasteiger partial charge in [-0.15, -0.1) is 11.3 Å². The van der Waals surface area contributed by atoms with Crippen LogP contribution in [0.15, 0.2) is 58.4 Å². The number of nitrogens with one attached hydrogen (secondary N) is 1. The molecule has 0 spiro atoms. The van der Waals surface area contributed by atoms with Gasteiger partial charge >= 0.3 is 11.4 Å². The lowest BCUT2D eigenvalue weighted by Gasteiger charge is -2.16. The Bertz CT molecular complexity index is 1860. The summed E-state index contributed by atoms with van der Waals surface area (Å²) in [7, 11) is 0. The Hall–Kier alpha value is -4.40. The molecule has 184 valence electrons. The number of hydrogen-bond acceptors (Lipinski definition) is 8. The number of nitriles is 1. The first kappa shape index (κ1) is 24.3. The van der Waals surface area contributed by atoms with E-state index >= 15 is 0 Å². The Morgan fingerprint density at radius 2 is 1.95 bits per heavy atom. The summed E-state index contributed by atoms with van der Waals surface area (Å²) < 4.78 is 16.9. The summed E-state index contributed by atoms with van der Waals surface area (Å²) in [5.41, 5.74) is 0.900. The molecule has 3 heterocycles. The maximum atomic E-state index is 13.9. The maximum absolute atomic E-state index is 13.9. The van der Waals surface area contributed by atoms with Gasteiger partial charge in [0.05, 0.1) is 49.9 Å². The molecule has 5 aromatic rings. The number of aryl methyl sites for hydroxylation is 2. The van der Waals surface area contributed by atoms with E-state index in [0.717, 1.165) is 31.4 Å². The van der Waals surface area contributed by atoms with Gasteiger partial charge in [0.25, 0.3) is 0 Å². The van der Waals surface area contributed by atoms with Crippen LogP contribution in [0.3, 0.4) is 0 Å². The van der Waals surface area contributed by atoms with Gasteiger partial charge < -0.3 is 5.32 Å². The fourth-order valence-electron chi connectivity index (χ4n) is 3.83. The Balaban J connectivity index is 1.69. The normalized spacial score (nSPS) is 11.0. The van der Waals surface area contributed by atoms with Crippen LogP contribution in [0, 0.1) is 31.0 Å². The molecule has 0 unspecified atom stereocenters. The van der Waals surface area contributed by atoms with Crippen LogP contribution in [0.5, 0.6) is 0 Å². The van der Waals surface area contributed by atoms with Crippen molar-refractivity contribution in [3.8, 4) is 11.8 Å². The third-order valence-corrected chi connectivity index (χ3v) is 6.76. The van der Waals surface area contributed by atoms with Crippen LogP contribution in [0.25, 0.3) is 15.9 Å². The monoisotopic (exact) mass is 533 g/mol. The zero-order valence-electron chi connectivity index (χ0n) is 19.5. The van der Waals surface area contributed by atoms with Crippen LogP contribution in [-0.4, -0.2) is 24.1 Å². The van der Waals surface area contributed by atoms with Crippen molar-refractivity contribution in [1.29, 1.82) is 5.26 Å². The van der Waals surface area contributed by atoms with E-state index in [1.165, 1.54) is 34.2 Å². The third-order valence-electron chi connectivity index (χ3n) is 5.51. The highest BCUT2D eigenvalue weighted by Crippen LogP contribution is 2.32. The first-order chi connectivity index (χ1) is 17.7. The fraction of sp³-hybridized carbons (Fsp3) is 0.120. The standard InChI is InChI=1S/C25H17ClFN7O2S/c1-13-5-17(11-29-10-13)34-24(35)32-23(31-20-8-22-21(7-18(20)26)30-14(2)37-22)33(25(34)36)12-15-3-4-19(27)16(6-15)9-28/h3-8,10-11H,12H2,1-2H3,(H,31,32,35). The molecule has 0 aliphatic carbocycles. The number of benzene rings is 2. The van der Waals surface area contributed by atoms with Crippen LogP contribution >= 0.6 is 22.9 Å². The van der Waals surface area contributed by atoms with E-state index in [9.17, 15) is 19.2 Å². The topological polar surface area (TPSA) is 118 Å². The molecule has 1 N–H and O–H groups in total. The molecule has 0 atom stereocenters. The van der Waals surface area contributed by atoms with Crippen LogP contribution < -0.4 is 16.7 Å². The smallest absolute Gasteiger partial charge is 0.324 e. The van der Waals surface area contributed by atoms with Crippen molar-refractivity contribution >= 4 is 44.8 Å². The van der Waals surface area contributed by atoms with E-state index in [0.29, 0.717) is 16.3 Å². The number of hydrogen-bond donors (Lipinski definition) is 1. The van der Waals surface area contributed by atoms with Crippen molar-refractivity contribution in [3.63, 3.8) is 0 Å². The van der Waals surface area contributed by atoms with E-state index < -0.39 is 17.2 Å². The van der Waals surface area contributed by atoms with E-state index in [2.05, 4.69) is 20.3 Å². The molecule has 12 heteroatoms. The van der Waals surface area contributed by atoms with E-state index in [1.807, 2.05) is 6.92 Å². The second-order valence-corrected chi connectivity index (χ2v) is 9.87. The Labute approximate surface area is 218 Å². The zero-order valence-corrected chi connectivity index (χ0v) is 21.1. The minimum Gasteiger partial charge on any atom is -0.324 e. The molecule has 5 rings (SSSR count). The second kappa shape index (κ2) is 9.57. The molecule has 0 saturated carbocycles. The van der Waals surface area contributed by atoms with Gasteiger partial charge in [0.2, 0.25) is 5.95 Å². The van der Waals surface area contributed by atoms with Crippen LogP contribution in [-0.2, 0) is 6.54 Å². The average Bonchev–Trinajstić information content (AvgIpc) is 3.21. The highest BCUT2D eigenvalue weighted by Gasteiger charge is 2.18. The van der Waals surface area contributed by atoms with Gasteiger partial charge in [0.15, 0.2) is 0 Å². The molecule has 0 aliphatic heterocycles. The van der Waals surface area contributed by atoms with Gasteiger partial charge in [-0.05, 0) is 55.3 Å². The lowest BCUT2D eigenvalue weighted by molar-refractivity contribution is 0.620. The summed E-state index contributed by atoms with van der Waals surface area (Å²) in [6, 6.07) is 10.8. The minimum absolute atomic E-state index is 0.0721. The van der Waals surface area contributed by atoms with E-state index in [4.69, 9.17) is 11.6 Å². The summed E-state index contributed by atoms with van der Waals surface area (Å²) in [4.78, 5) is 39.4. The number of pyridine rings is 1. The summed E-state index contributed by atoms with van der Waals surface area (Å²) in [5, 5.41) is 13.4. The lowest BCUT2D eigenvalue weighted by Crippen LogP contribution is -2.41. The molecule has 37 heavy (non-hydrogen) atoms. The van der Waals surface area contributed by atoms with E-state index in [-0.39, 0.29) is 23.7 Å². The van der Waals surface area contributed by atoms with Crippen molar-refractivity contribution < 1.29 is 4.39 Å². The molecule has 0 bridgehead atoms. The predicted octanol–water partition coefficient (Wildman–Crippen LogP) is 4.47. The molecule has 0 fully saturated rings. The van der Waals surface area contributed by atoms with Gasteiger partial charge in [0, 0.05) is 6.20 Å². The number of anilines is 2. The highest BCUT2D eigenvalue weighted by atomic mass is 35.5. The van der Waals surface area contributed by atoms with Crippen LogP contribution in [0.1, 0.15) is 21.7 Å². The number of rotatable bonds is 5. The van der Waals surface area contributed by atoms with Crippen LogP contribution in [0.2, 0.25) is 5.02 Å². The minimum atomic E-state index is -0.821. The molecule has 9 nitrogen and oxygen atoms in total. The highest BCUT2D eigenvalue weighted by molar-refractivity contribution is 7.18. The third kappa shape index (κ3) is 4.72. The molecule has 0 amide bonds. The Kier molecular flexibility index (Phi) is 6.29. The Morgan fingerprint density at radius 3 is 2.70 bits per heavy atom. The number of halogens is 2. The van der Waals surface area contributed by atoms with Crippen molar-refractivity contribution in [2.45, 2.75) is 20.4 Å². The maximum Gasteiger partial charge on any atom is 0.359 e. The average molecular weight is 534 g/mol. The number of aromatic nitrogens is 5. The van der Waals surface area contributed by atoms with Crippen molar-refractivity contribution in [1.82, 2.24) is 24.1 Å². The molecule has 2 aromatic carbocycles. The number of fused-ring (bicyclic) bond motifs is 1. The van der Waals surface area contributed by atoms with Crippen molar-refractivity contribution in [2.75, 3.05) is 5.32 Å². The first-order valence-electron chi connectivity index (χ1n) is 10.9. The molecular formula is C25H17ClFN7O2S. The van der Waals surface area contributed by atoms with Crippen molar-refractivity contribution in [2.24, 2.45) is 0 Å². The molecule has 0 radical (unpaired) electrons. The van der Waals surface area contributed by atoms with Gasteiger partial charge in [-0.25, -0.2) is 23.5 Å². The van der Waals surface area contributed by atoms with Crippen LogP contribution in [0.4, 0.5) is 16.0 Å². The SMILES string of the molecule is Cc1cncc(-n2c(=O)nc(Nc3cc4sc(C)nc4cc3Cl)n(Cc3ccc(F)c(C#N)c3)c2=O)c1. The fourth-order valence-corrected chi connectivity index (χ4v) is 4.89. The van der Waals surface area contributed by atoms with Gasteiger partial charge in [0.1, 0.15) is 11.9 Å².